The third-order valence-electron chi connectivity index (χ3n) is 9.90. The molecule has 0 atom stereocenters. The van der Waals surface area contributed by atoms with Crippen molar-refractivity contribution in [1.82, 2.24) is 9.88 Å². The van der Waals surface area contributed by atoms with Crippen molar-refractivity contribution < 1.29 is 4.57 Å². The lowest BCUT2D eigenvalue weighted by atomic mass is 9.97. The highest BCUT2D eigenvalue weighted by Gasteiger charge is 2.27. The highest BCUT2D eigenvalue weighted by molar-refractivity contribution is 6.36. The number of nitrogens with zero attached hydrogens (tertiary/aromatic N) is 5. The quantitative estimate of drug-likeness (QED) is 0.218. The van der Waals surface area contributed by atoms with E-state index in [9.17, 15) is 0 Å². The van der Waals surface area contributed by atoms with Gasteiger partial charge in [-0.1, -0.05) is 59.7 Å². The van der Waals surface area contributed by atoms with Gasteiger partial charge in [-0.3, -0.25) is 0 Å². The van der Waals surface area contributed by atoms with E-state index in [1.165, 1.54) is 11.1 Å². The van der Waals surface area contributed by atoms with Crippen LogP contribution < -0.4 is 4.57 Å². The van der Waals surface area contributed by atoms with Gasteiger partial charge in [0.05, 0.1) is 34.2 Å². The van der Waals surface area contributed by atoms with E-state index in [-0.39, 0.29) is 0 Å². The van der Waals surface area contributed by atoms with E-state index in [2.05, 4.69) is 165 Å². The second kappa shape index (κ2) is 12.6. The Morgan fingerprint density at radius 3 is 1.38 bits per heavy atom. The first kappa shape index (κ1) is 31.3. The Morgan fingerprint density at radius 1 is 0.481 bits per heavy atom. The number of rotatable bonds is 3. The molecule has 52 heavy (non-hydrogen) atoms. The van der Waals surface area contributed by atoms with Gasteiger partial charge in [0, 0.05) is 65.3 Å². The number of hydrogen-bond donors (Lipinski definition) is 1. The molecule has 0 amide bonds. The molecule has 0 saturated heterocycles. The number of aryl methyl sites for hydroxylation is 3. The second-order valence-corrected chi connectivity index (χ2v) is 13.7. The van der Waals surface area contributed by atoms with Gasteiger partial charge >= 0.3 is 0 Å². The van der Waals surface area contributed by atoms with Gasteiger partial charge < -0.3 is 9.88 Å². The van der Waals surface area contributed by atoms with E-state index < -0.39 is 0 Å². The number of hydrogen-bond acceptors (Lipinski definition) is 4. The van der Waals surface area contributed by atoms with E-state index in [1.54, 1.807) is 0 Å². The number of benzene rings is 2. The fraction of sp³-hybridized carbons (Fsp3) is 0.0870. The molecule has 0 fully saturated rings. The number of aromatic nitrogens is 2. The molecule has 5 aliphatic heterocycles. The summed E-state index contributed by atoms with van der Waals surface area (Å²) >= 11 is 0. The highest BCUT2D eigenvalue weighted by atomic mass is 15.0. The highest BCUT2D eigenvalue weighted by Crippen LogP contribution is 2.38. The number of nitrogens with one attached hydrogen (secondary N) is 1. The molecule has 4 aromatic rings. The van der Waals surface area contributed by atoms with E-state index in [0.717, 1.165) is 90.2 Å². The van der Waals surface area contributed by atoms with Gasteiger partial charge in [0.15, 0.2) is 12.4 Å². The standard InChI is InChI=1S/C46H37N6/c1-29-5-9-31(10-6-29)43-35-13-14-36(47-35)44(32-11-7-30(2)8-12-32)38-16-18-40(49-38)46(34-23-27-52(4)28-24-34)42-20-19-41(50-42)45(39-17-15-37(43)48-39)33-21-25-51(3)26-22-33/h5-28,47H,1-4H3/q+1. The minimum atomic E-state index is 0.859. The van der Waals surface area contributed by atoms with Gasteiger partial charge in [-0.05, 0) is 96.9 Å². The number of aromatic amines is 1. The van der Waals surface area contributed by atoms with Crippen LogP contribution in [0.15, 0.2) is 189 Å². The summed E-state index contributed by atoms with van der Waals surface area (Å²) in [6.45, 7) is 4.23. The summed E-state index contributed by atoms with van der Waals surface area (Å²) in [4.78, 5) is 22.0. The zero-order chi connectivity index (χ0) is 35.3. The minimum Gasteiger partial charge on any atom is -0.357 e. The summed E-state index contributed by atoms with van der Waals surface area (Å²) in [6, 6.07) is 26.0. The first-order chi connectivity index (χ1) is 25.4. The monoisotopic (exact) mass is 673 g/mol. The SMILES string of the molecule is Cc1ccc(C2=C3C=CC(=N3)C(=C3C=CN(C)C=C3)C3=NC(=C(c4cc[n+](C)cc4)C4=NC(=C(c5ccc(C)cc5)c5ccc2[nH]5)C=C4)C=C3)cc1. The molecule has 0 saturated carbocycles. The lowest BCUT2D eigenvalue weighted by Gasteiger charge is -2.16. The average Bonchev–Trinajstić information content (AvgIpc) is 3.99. The van der Waals surface area contributed by atoms with Crippen molar-refractivity contribution in [2.24, 2.45) is 22.0 Å². The summed E-state index contributed by atoms with van der Waals surface area (Å²) in [5, 5.41) is 0. The van der Waals surface area contributed by atoms with Crippen LogP contribution in [0.5, 0.6) is 0 Å². The third-order valence-corrected chi connectivity index (χ3v) is 9.90. The number of fused-ring (bicyclic) bond motifs is 5. The molecular weight excluding hydrogens is 637 g/mol. The molecule has 7 heterocycles. The lowest BCUT2D eigenvalue weighted by molar-refractivity contribution is -0.671. The maximum Gasteiger partial charge on any atom is 0.169 e. The van der Waals surface area contributed by atoms with E-state index in [4.69, 9.17) is 15.0 Å². The van der Waals surface area contributed by atoms with Gasteiger partial charge in [0.2, 0.25) is 0 Å². The maximum atomic E-state index is 5.38. The van der Waals surface area contributed by atoms with Gasteiger partial charge in [-0.25, -0.2) is 19.5 Å². The van der Waals surface area contributed by atoms with Crippen molar-refractivity contribution in [3.63, 3.8) is 0 Å². The summed E-state index contributed by atoms with van der Waals surface area (Å²) in [5.74, 6) is 0. The first-order valence-corrected chi connectivity index (χ1v) is 17.5. The predicted octanol–water partition coefficient (Wildman–Crippen LogP) is 8.70. The first-order valence-electron chi connectivity index (χ1n) is 17.5. The summed E-state index contributed by atoms with van der Waals surface area (Å²) in [6.07, 6.45) is 25.3. The Morgan fingerprint density at radius 2 is 0.904 bits per heavy atom. The molecule has 0 unspecified atom stereocenters. The molecule has 5 aliphatic rings. The van der Waals surface area contributed by atoms with Crippen molar-refractivity contribution in [3.05, 3.63) is 214 Å². The number of allylic oxidation sites excluding steroid dienone is 11. The molecular formula is C46H37N6+. The Hall–Kier alpha value is -6.66. The van der Waals surface area contributed by atoms with Crippen LogP contribution in [0.25, 0.3) is 16.7 Å². The van der Waals surface area contributed by atoms with Crippen molar-refractivity contribution >= 4 is 33.9 Å². The van der Waals surface area contributed by atoms with Crippen LogP contribution >= 0.6 is 0 Å². The molecule has 6 nitrogen and oxygen atoms in total. The molecule has 6 heteroatoms. The van der Waals surface area contributed by atoms with Crippen molar-refractivity contribution in [2.75, 3.05) is 7.05 Å². The van der Waals surface area contributed by atoms with Crippen LogP contribution in [0.2, 0.25) is 0 Å². The topological polar surface area (TPSA) is 60.0 Å². The van der Waals surface area contributed by atoms with Gasteiger partial charge in [-0.2, -0.15) is 0 Å². The van der Waals surface area contributed by atoms with Crippen LogP contribution in [0.3, 0.4) is 0 Å². The molecule has 250 valence electrons. The van der Waals surface area contributed by atoms with E-state index in [1.807, 2.05) is 23.6 Å². The molecule has 2 aromatic heterocycles. The number of pyridine rings is 1. The van der Waals surface area contributed by atoms with Crippen molar-refractivity contribution in [3.8, 4) is 0 Å². The molecule has 0 radical (unpaired) electrons. The normalized spacial score (nSPS) is 17.6. The zero-order valence-corrected chi connectivity index (χ0v) is 29.6. The van der Waals surface area contributed by atoms with Crippen LogP contribution in [0.1, 0.15) is 39.2 Å². The Labute approximate surface area is 304 Å². The van der Waals surface area contributed by atoms with Gasteiger partial charge in [0.25, 0.3) is 0 Å². The molecule has 0 spiro atoms. The molecule has 0 aliphatic carbocycles. The fourth-order valence-electron chi connectivity index (χ4n) is 7.12. The number of aliphatic imine (C=N–C) groups is 3. The smallest absolute Gasteiger partial charge is 0.169 e. The molecule has 2 aromatic carbocycles. The summed E-state index contributed by atoms with van der Waals surface area (Å²) in [5.41, 5.74) is 17.9. The summed E-state index contributed by atoms with van der Waals surface area (Å²) in [7, 11) is 4.06. The van der Waals surface area contributed by atoms with E-state index in [0.29, 0.717) is 0 Å². The van der Waals surface area contributed by atoms with Gasteiger partial charge in [0.1, 0.15) is 7.05 Å². The van der Waals surface area contributed by atoms with Crippen molar-refractivity contribution in [2.45, 2.75) is 13.8 Å². The Bertz CT molecular complexity index is 2530. The van der Waals surface area contributed by atoms with Gasteiger partial charge in [-0.15, -0.1) is 0 Å². The Balaban J connectivity index is 1.36. The lowest BCUT2D eigenvalue weighted by Crippen LogP contribution is -2.26. The van der Waals surface area contributed by atoms with Crippen LogP contribution in [-0.4, -0.2) is 34.1 Å². The predicted molar refractivity (Wildman–Crippen MR) is 213 cm³/mol. The Kier molecular flexibility index (Phi) is 7.58. The largest absolute Gasteiger partial charge is 0.357 e. The number of H-pyrrole nitrogens is 1. The minimum absolute atomic E-state index is 0.859. The fourth-order valence-corrected chi connectivity index (χ4v) is 7.12. The molecule has 9 rings (SSSR count). The maximum absolute atomic E-state index is 5.38. The van der Waals surface area contributed by atoms with Crippen molar-refractivity contribution in [1.29, 1.82) is 0 Å². The second-order valence-electron chi connectivity index (χ2n) is 13.7. The molecule has 1 N–H and O–H groups in total. The van der Waals surface area contributed by atoms with Crippen LogP contribution in [-0.2, 0) is 7.05 Å². The summed E-state index contributed by atoms with van der Waals surface area (Å²) < 4.78 is 2.04. The van der Waals surface area contributed by atoms with E-state index >= 15 is 0 Å². The van der Waals surface area contributed by atoms with Crippen LogP contribution in [0.4, 0.5) is 0 Å². The zero-order valence-electron chi connectivity index (χ0n) is 29.6. The third kappa shape index (κ3) is 5.64. The molecule has 8 bridgehead atoms. The average molecular weight is 674 g/mol. The van der Waals surface area contributed by atoms with Crippen LogP contribution in [0, 0.1) is 13.8 Å².